The largest absolute Gasteiger partial charge is 0.462 e. The van der Waals surface area contributed by atoms with Crippen molar-refractivity contribution in [3.05, 3.63) is 73.4 Å². The van der Waals surface area contributed by atoms with Gasteiger partial charge in [-0.1, -0.05) is 17.7 Å². The van der Waals surface area contributed by atoms with Crippen LogP contribution in [0.4, 0.5) is 5.69 Å². The van der Waals surface area contributed by atoms with Crippen LogP contribution in [0.25, 0.3) is 11.1 Å². The van der Waals surface area contributed by atoms with Crippen LogP contribution in [0.2, 0.25) is 5.02 Å². The number of esters is 1. The highest BCUT2D eigenvalue weighted by atomic mass is 35.5. The maximum atomic E-state index is 13.0. The molecule has 1 amide bonds. The zero-order chi connectivity index (χ0) is 26.0. The van der Waals surface area contributed by atoms with Gasteiger partial charge in [0.25, 0.3) is 5.91 Å². The number of amides is 1. The van der Waals surface area contributed by atoms with E-state index in [1.807, 2.05) is 44.4 Å². The lowest BCUT2D eigenvalue weighted by atomic mass is 9.95. The molecule has 186 valence electrons. The van der Waals surface area contributed by atoms with E-state index in [1.54, 1.807) is 35.6 Å². The molecule has 4 rings (SSSR count). The quantitative estimate of drug-likeness (QED) is 0.222. The average Bonchev–Trinajstić information content (AvgIpc) is 3.36. The number of carbonyl (C=O) groups is 2. The summed E-state index contributed by atoms with van der Waals surface area (Å²) in [5.41, 5.74) is 5.50. The van der Waals surface area contributed by atoms with Gasteiger partial charge in [-0.25, -0.2) is 4.79 Å². The maximum absolute atomic E-state index is 13.0. The van der Waals surface area contributed by atoms with Gasteiger partial charge in [0.1, 0.15) is 16.6 Å². The third-order valence-electron chi connectivity index (χ3n) is 6.49. The maximum Gasteiger partial charge on any atom is 0.341 e. The number of carbonyl (C=O) groups excluding carboxylic acids is 2. The van der Waals surface area contributed by atoms with E-state index in [2.05, 4.69) is 5.32 Å². The smallest absolute Gasteiger partial charge is 0.341 e. The fraction of sp³-hybridized carbons (Fsp3) is 0.321. The van der Waals surface area contributed by atoms with Crippen LogP contribution >= 0.6 is 22.9 Å². The number of aryl methyl sites for hydroxylation is 2. The molecule has 0 bridgehead atoms. The van der Waals surface area contributed by atoms with Gasteiger partial charge in [0, 0.05) is 27.0 Å². The molecule has 2 aromatic heterocycles. The number of aromatic nitrogens is 1. The Balaban J connectivity index is 1.74. The Morgan fingerprint density at radius 3 is 2.72 bits per heavy atom. The van der Waals surface area contributed by atoms with E-state index in [9.17, 15) is 14.9 Å². The number of nitrogens with one attached hydrogen (secondary N) is 1. The van der Waals surface area contributed by atoms with E-state index < -0.39 is 5.91 Å². The van der Waals surface area contributed by atoms with Crippen LogP contribution in [0, 0.1) is 32.1 Å². The minimum Gasteiger partial charge on any atom is -0.462 e. The predicted molar refractivity (Wildman–Crippen MR) is 144 cm³/mol. The molecule has 0 unspecified atom stereocenters. The molecular formula is C28H28ClN3O3S. The number of hydrogen-bond acceptors (Lipinski definition) is 5. The van der Waals surface area contributed by atoms with Crippen molar-refractivity contribution in [2.24, 2.45) is 0 Å². The lowest BCUT2D eigenvalue weighted by Gasteiger charge is -2.13. The number of fused-ring (bicyclic) bond motifs is 1. The molecule has 1 aromatic carbocycles. The lowest BCUT2D eigenvalue weighted by molar-refractivity contribution is -0.112. The van der Waals surface area contributed by atoms with Gasteiger partial charge in [0.2, 0.25) is 0 Å². The average molecular weight is 522 g/mol. The van der Waals surface area contributed by atoms with Crippen molar-refractivity contribution in [1.29, 1.82) is 5.26 Å². The number of ether oxygens (including phenoxy) is 1. The van der Waals surface area contributed by atoms with E-state index in [4.69, 9.17) is 16.3 Å². The molecule has 1 N–H and O–H groups in total. The number of benzene rings is 1. The summed E-state index contributed by atoms with van der Waals surface area (Å²) in [6, 6.07) is 9.19. The van der Waals surface area contributed by atoms with E-state index >= 15 is 0 Å². The Labute approximate surface area is 220 Å². The fourth-order valence-corrected chi connectivity index (χ4v) is 6.27. The molecule has 0 spiro atoms. The van der Waals surface area contributed by atoms with Crippen LogP contribution in [-0.4, -0.2) is 23.1 Å². The molecule has 0 fully saturated rings. The van der Waals surface area contributed by atoms with Crippen molar-refractivity contribution in [3.8, 4) is 11.1 Å². The van der Waals surface area contributed by atoms with Gasteiger partial charge >= 0.3 is 5.97 Å². The Kier molecular flexibility index (Phi) is 7.67. The molecule has 8 heteroatoms. The van der Waals surface area contributed by atoms with Crippen LogP contribution in [-0.2, 0) is 22.4 Å². The summed E-state index contributed by atoms with van der Waals surface area (Å²) in [4.78, 5) is 27.1. The van der Waals surface area contributed by atoms with E-state index in [0.29, 0.717) is 22.9 Å². The van der Waals surface area contributed by atoms with Gasteiger partial charge in [0.15, 0.2) is 0 Å². The molecule has 0 atom stereocenters. The first-order valence-corrected chi connectivity index (χ1v) is 13.2. The third-order valence-corrected chi connectivity index (χ3v) is 8.17. The second kappa shape index (κ2) is 10.7. The Morgan fingerprint density at radius 2 is 2.00 bits per heavy atom. The molecule has 1 aliphatic rings. The first kappa shape index (κ1) is 25.7. The van der Waals surface area contributed by atoms with Crippen molar-refractivity contribution in [2.75, 3.05) is 11.9 Å². The molecule has 0 saturated carbocycles. The molecular weight excluding hydrogens is 494 g/mol. The number of halogens is 1. The number of rotatable bonds is 6. The summed E-state index contributed by atoms with van der Waals surface area (Å²) >= 11 is 7.80. The van der Waals surface area contributed by atoms with Crippen LogP contribution in [0.3, 0.4) is 0 Å². The number of hydrogen-bond donors (Lipinski definition) is 1. The van der Waals surface area contributed by atoms with Crippen molar-refractivity contribution >= 4 is 46.6 Å². The zero-order valence-corrected chi connectivity index (χ0v) is 22.4. The molecule has 36 heavy (non-hydrogen) atoms. The van der Waals surface area contributed by atoms with Gasteiger partial charge in [-0.15, -0.1) is 11.3 Å². The highest BCUT2D eigenvalue weighted by Gasteiger charge is 2.28. The molecule has 0 aliphatic heterocycles. The van der Waals surface area contributed by atoms with E-state index in [-0.39, 0.29) is 11.5 Å². The number of nitriles is 1. The number of anilines is 1. The summed E-state index contributed by atoms with van der Waals surface area (Å²) in [7, 11) is 0. The first-order chi connectivity index (χ1) is 17.3. The van der Waals surface area contributed by atoms with E-state index in [0.717, 1.165) is 58.8 Å². The Hall–Kier alpha value is -3.34. The highest BCUT2D eigenvalue weighted by molar-refractivity contribution is 7.15. The SMILES string of the molecule is CCOC(=O)c1c(-n2c(C)cc(/C=C(/C#N)C(=O)Nc3cccc(Cl)c3C)c2C)sc2c1CCCC2. The minimum absolute atomic E-state index is 0.0225. The summed E-state index contributed by atoms with van der Waals surface area (Å²) in [5.74, 6) is -0.808. The fourth-order valence-electron chi connectivity index (χ4n) is 4.61. The van der Waals surface area contributed by atoms with Gasteiger partial charge in [0.05, 0.1) is 12.2 Å². The zero-order valence-electron chi connectivity index (χ0n) is 20.8. The summed E-state index contributed by atoms with van der Waals surface area (Å²) in [5, 5.41) is 13.9. The second-order valence-corrected chi connectivity index (χ2v) is 10.3. The Bertz CT molecular complexity index is 1420. The standard InChI is InChI=1S/C28H28ClN3O3S/c1-5-35-28(34)25-21-9-6-7-12-24(21)36-27(25)32-16(2)13-19(18(32)4)14-20(15-30)26(33)31-23-11-8-10-22(29)17(23)3/h8,10-11,13-14H,5-7,9,12H2,1-4H3,(H,31,33)/b20-14-. The van der Waals surface area contributed by atoms with Gasteiger partial charge in [-0.05, 0) is 94.3 Å². The second-order valence-electron chi connectivity index (χ2n) is 8.81. The number of thiophene rings is 1. The third kappa shape index (κ3) is 4.84. The molecule has 2 heterocycles. The van der Waals surface area contributed by atoms with Crippen LogP contribution in [0.5, 0.6) is 0 Å². The van der Waals surface area contributed by atoms with Crippen LogP contribution < -0.4 is 5.32 Å². The lowest BCUT2D eigenvalue weighted by Crippen LogP contribution is -2.14. The molecule has 1 aliphatic carbocycles. The summed E-state index contributed by atoms with van der Waals surface area (Å²) < 4.78 is 7.46. The number of nitrogens with zero attached hydrogens (tertiary/aromatic N) is 2. The topological polar surface area (TPSA) is 84.1 Å². The normalized spacial score (nSPS) is 13.2. The monoisotopic (exact) mass is 521 g/mol. The molecule has 0 saturated heterocycles. The predicted octanol–water partition coefficient (Wildman–Crippen LogP) is 6.72. The van der Waals surface area contributed by atoms with Crippen molar-refractivity contribution in [1.82, 2.24) is 4.57 Å². The Morgan fingerprint density at radius 1 is 1.25 bits per heavy atom. The van der Waals surface area contributed by atoms with Crippen molar-refractivity contribution in [2.45, 2.75) is 53.4 Å². The van der Waals surface area contributed by atoms with Crippen molar-refractivity contribution < 1.29 is 14.3 Å². The molecule has 6 nitrogen and oxygen atoms in total. The summed E-state index contributed by atoms with van der Waals surface area (Å²) in [6.07, 6.45) is 5.58. The van der Waals surface area contributed by atoms with Crippen LogP contribution in [0.1, 0.15) is 63.1 Å². The van der Waals surface area contributed by atoms with Crippen molar-refractivity contribution in [3.63, 3.8) is 0 Å². The van der Waals surface area contributed by atoms with Gasteiger partial charge in [-0.2, -0.15) is 5.26 Å². The van der Waals surface area contributed by atoms with E-state index in [1.165, 1.54) is 4.88 Å². The van der Waals surface area contributed by atoms with Crippen LogP contribution in [0.15, 0.2) is 29.8 Å². The molecule has 3 aromatic rings. The summed E-state index contributed by atoms with van der Waals surface area (Å²) in [6.45, 7) is 7.82. The molecule has 0 radical (unpaired) electrons. The first-order valence-electron chi connectivity index (χ1n) is 12.0. The minimum atomic E-state index is -0.508. The van der Waals surface area contributed by atoms with Gasteiger partial charge in [-0.3, -0.25) is 4.79 Å². The highest BCUT2D eigenvalue weighted by Crippen LogP contribution is 2.39. The van der Waals surface area contributed by atoms with Gasteiger partial charge < -0.3 is 14.6 Å².